The summed E-state index contributed by atoms with van der Waals surface area (Å²) in [5, 5.41) is 28.9. The Morgan fingerprint density at radius 1 is 1.41 bits per heavy atom. The lowest BCUT2D eigenvalue weighted by atomic mass is 10.1. The van der Waals surface area contributed by atoms with Crippen molar-refractivity contribution in [3.63, 3.8) is 0 Å². The molecule has 1 aliphatic rings. The number of hydrogen-bond acceptors (Lipinski definition) is 6. The highest BCUT2D eigenvalue weighted by Gasteiger charge is 2.48. The Balaban J connectivity index is 2.10. The standard InChI is InChI=1S/C15H22NO6/c1-2-3-7-21-15(20)10-5-4-6-16(8-10)14-13(19)12(18)11(9-17)22-14/h4-6,8,11-14,17-19H,2-3,7,9H2,1H3/q+1/t11-,12+,13+,14-/m1/s1. The Labute approximate surface area is 128 Å². The molecule has 3 N–H and O–H groups in total. The fourth-order valence-corrected chi connectivity index (χ4v) is 2.29. The summed E-state index contributed by atoms with van der Waals surface area (Å²) in [5.74, 6) is -0.449. The molecule has 0 spiro atoms. The molecule has 1 aromatic rings. The fraction of sp³-hybridized carbons (Fsp3) is 0.600. The van der Waals surface area contributed by atoms with Crippen molar-refractivity contribution in [3.05, 3.63) is 30.1 Å². The summed E-state index contributed by atoms with van der Waals surface area (Å²) in [6.07, 6.45) is 0.759. The van der Waals surface area contributed by atoms with Gasteiger partial charge in [0.25, 0.3) is 6.23 Å². The minimum absolute atomic E-state index is 0.330. The minimum Gasteiger partial charge on any atom is -0.462 e. The first kappa shape index (κ1) is 16.8. The van der Waals surface area contributed by atoms with Crippen molar-refractivity contribution in [3.8, 4) is 0 Å². The highest BCUT2D eigenvalue weighted by atomic mass is 16.6. The Bertz CT molecular complexity index is 509. The Kier molecular flexibility index (Phi) is 5.84. The van der Waals surface area contributed by atoms with E-state index in [1.54, 1.807) is 18.3 Å². The third kappa shape index (κ3) is 3.61. The van der Waals surface area contributed by atoms with Gasteiger partial charge in [0.1, 0.15) is 17.8 Å². The molecule has 7 nitrogen and oxygen atoms in total. The summed E-state index contributed by atoms with van der Waals surface area (Å²) in [6, 6.07) is 3.23. The van der Waals surface area contributed by atoms with Gasteiger partial charge in [0.05, 0.1) is 13.2 Å². The molecular formula is C15H22NO6+. The number of hydrogen-bond donors (Lipinski definition) is 3. The van der Waals surface area contributed by atoms with Crippen molar-refractivity contribution < 1.29 is 34.2 Å². The molecule has 1 aromatic heterocycles. The maximum absolute atomic E-state index is 11.9. The molecule has 2 heterocycles. The van der Waals surface area contributed by atoms with Gasteiger partial charge in [-0.2, -0.15) is 4.57 Å². The second kappa shape index (κ2) is 7.64. The maximum atomic E-state index is 11.9. The van der Waals surface area contributed by atoms with Crippen LogP contribution in [0.1, 0.15) is 36.4 Å². The maximum Gasteiger partial charge on any atom is 0.344 e. The molecule has 0 saturated carbocycles. The van der Waals surface area contributed by atoms with Crippen molar-refractivity contribution >= 4 is 5.97 Å². The third-order valence-corrected chi connectivity index (χ3v) is 3.60. The van der Waals surface area contributed by atoms with Crippen molar-refractivity contribution in [1.82, 2.24) is 0 Å². The smallest absolute Gasteiger partial charge is 0.344 e. The van der Waals surface area contributed by atoms with Gasteiger partial charge in [-0.1, -0.05) is 13.3 Å². The van der Waals surface area contributed by atoms with Gasteiger partial charge in [-0.15, -0.1) is 0 Å². The molecule has 0 unspecified atom stereocenters. The van der Waals surface area contributed by atoms with Crippen LogP contribution in [0, 0.1) is 0 Å². The molecule has 0 aromatic carbocycles. The van der Waals surface area contributed by atoms with E-state index in [0.717, 1.165) is 12.8 Å². The number of aliphatic hydroxyl groups is 3. The van der Waals surface area contributed by atoms with Crippen molar-refractivity contribution in [2.24, 2.45) is 0 Å². The summed E-state index contributed by atoms with van der Waals surface area (Å²) < 4.78 is 12.0. The van der Waals surface area contributed by atoms with Crippen LogP contribution in [0.3, 0.4) is 0 Å². The molecule has 0 aliphatic carbocycles. The molecular weight excluding hydrogens is 290 g/mol. The number of pyridine rings is 1. The average molecular weight is 312 g/mol. The van der Waals surface area contributed by atoms with Crippen molar-refractivity contribution in [2.45, 2.75) is 44.3 Å². The highest BCUT2D eigenvalue weighted by Crippen LogP contribution is 2.25. The van der Waals surface area contributed by atoms with Crippen LogP contribution in [-0.4, -0.2) is 52.8 Å². The number of nitrogens with zero attached hydrogens (tertiary/aromatic N) is 1. The molecule has 2 rings (SSSR count). The highest BCUT2D eigenvalue weighted by molar-refractivity contribution is 5.88. The summed E-state index contributed by atoms with van der Waals surface area (Å²) in [4.78, 5) is 11.9. The van der Waals surface area contributed by atoms with E-state index in [4.69, 9.17) is 14.6 Å². The van der Waals surface area contributed by atoms with E-state index in [2.05, 4.69) is 0 Å². The van der Waals surface area contributed by atoms with Gasteiger partial charge in [0, 0.05) is 6.07 Å². The number of esters is 1. The van der Waals surface area contributed by atoms with Crippen molar-refractivity contribution in [2.75, 3.05) is 13.2 Å². The van der Waals surface area contributed by atoms with E-state index < -0.39 is 37.1 Å². The quantitative estimate of drug-likeness (QED) is 0.373. The number of unbranched alkanes of at least 4 members (excludes halogenated alkanes) is 1. The van der Waals surface area contributed by atoms with Crippen LogP contribution < -0.4 is 4.57 Å². The molecule has 1 saturated heterocycles. The van der Waals surface area contributed by atoms with Crippen LogP contribution in [0.15, 0.2) is 24.5 Å². The summed E-state index contributed by atoms with van der Waals surface area (Å²) in [6.45, 7) is 1.97. The summed E-state index contributed by atoms with van der Waals surface area (Å²) in [7, 11) is 0. The predicted octanol–water partition coefficient (Wildman–Crippen LogP) is -0.458. The van der Waals surface area contributed by atoms with E-state index in [9.17, 15) is 15.0 Å². The first-order valence-corrected chi connectivity index (χ1v) is 7.38. The molecule has 0 radical (unpaired) electrons. The first-order chi connectivity index (χ1) is 10.6. The Hall–Kier alpha value is -1.54. The van der Waals surface area contributed by atoms with Crippen LogP contribution in [0.5, 0.6) is 0 Å². The van der Waals surface area contributed by atoms with Gasteiger partial charge < -0.3 is 24.8 Å². The molecule has 0 amide bonds. The second-order valence-corrected chi connectivity index (χ2v) is 5.26. The van der Waals surface area contributed by atoms with E-state index in [-0.39, 0.29) is 0 Å². The second-order valence-electron chi connectivity index (χ2n) is 5.26. The molecule has 4 atom stereocenters. The molecule has 1 fully saturated rings. The summed E-state index contributed by atoms with van der Waals surface area (Å²) >= 11 is 0. The number of carbonyl (C=O) groups excluding carboxylic acids is 1. The SMILES string of the molecule is CCCCOC(=O)c1ccc[n+]([C@@H]2O[C@H](CO)[C@H](O)[C@@H]2O)c1. The van der Waals surface area contributed by atoms with Gasteiger partial charge in [0.2, 0.25) is 0 Å². The normalized spacial score (nSPS) is 27.8. The minimum atomic E-state index is -1.19. The number of aliphatic hydroxyl groups excluding tert-OH is 3. The van der Waals surface area contributed by atoms with E-state index in [0.29, 0.717) is 12.2 Å². The lowest BCUT2D eigenvalue weighted by Crippen LogP contribution is -2.46. The van der Waals surface area contributed by atoms with E-state index >= 15 is 0 Å². The lowest BCUT2D eigenvalue weighted by Gasteiger charge is -2.10. The predicted molar refractivity (Wildman–Crippen MR) is 74.8 cm³/mol. The molecule has 1 aliphatic heterocycles. The number of carbonyl (C=O) groups is 1. The van der Waals surface area contributed by atoms with Gasteiger partial charge in [0.15, 0.2) is 18.5 Å². The van der Waals surface area contributed by atoms with Crippen LogP contribution in [0.25, 0.3) is 0 Å². The Morgan fingerprint density at radius 3 is 2.82 bits per heavy atom. The topological polar surface area (TPSA) is 100 Å². The molecule has 0 bridgehead atoms. The zero-order valence-electron chi connectivity index (χ0n) is 12.5. The van der Waals surface area contributed by atoms with Crippen LogP contribution in [0.2, 0.25) is 0 Å². The van der Waals surface area contributed by atoms with Crippen LogP contribution in [0.4, 0.5) is 0 Å². The van der Waals surface area contributed by atoms with Gasteiger partial charge in [-0.05, 0) is 12.5 Å². The van der Waals surface area contributed by atoms with Crippen LogP contribution in [-0.2, 0) is 9.47 Å². The average Bonchev–Trinajstić information content (AvgIpc) is 2.83. The van der Waals surface area contributed by atoms with Gasteiger partial charge >= 0.3 is 5.97 Å². The third-order valence-electron chi connectivity index (χ3n) is 3.60. The van der Waals surface area contributed by atoms with Crippen LogP contribution >= 0.6 is 0 Å². The van der Waals surface area contributed by atoms with Crippen molar-refractivity contribution in [1.29, 1.82) is 0 Å². The number of ether oxygens (including phenoxy) is 2. The number of rotatable bonds is 6. The largest absolute Gasteiger partial charge is 0.462 e. The van der Waals surface area contributed by atoms with E-state index in [1.165, 1.54) is 10.8 Å². The zero-order valence-corrected chi connectivity index (χ0v) is 12.5. The molecule has 122 valence electrons. The van der Waals surface area contributed by atoms with Gasteiger partial charge in [-0.25, -0.2) is 4.79 Å². The monoisotopic (exact) mass is 312 g/mol. The molecule has 7 heteroatoms. The van der Waals surface area contributed by atoms with Gasteiger partial charge in [-0.3, -0.25) is 0 Å². The zero-order chi connectivity index (χ0) is 16.1. The summed E-state index contributed by atoms with van der Waals surface area (Å²) in [5.41, 5.74) is 0.330. The number of aromatic nitrogens is 1. The molecule has 22 heavy (non-hydrogen) atoms. The van der Waals surface area contributed by atoms with E-state index in [1.807, 2.05) is 6.92 Å². The fourth-order valence-electron chi connectivity index (χ4n) is 2.29. The first-order valence-electron chi connectivity index (χ1n) is 7.38. The lowest BCUT2D eigenvalue weighted by molar-refractivity contribution is -0.765. The Morgan fingerprint density at radius 2 is 2.18 bits per heavy atom.